The van der Waals surface area contributed by atoms with Crippen LogP contribution in [0.3, 0.4) is 0 Å². The van der Waals surface area contributed by atoms with Gasteiger partial charge in [-0.3, -0.25) is 0 Å². The number of aliphatic hydroxyl groups excluding tert-OH is 1. The van der Waals surface area contributed by atoms with Gasteiger partial charge in [0.25, 0.3) is 0 Å². The predicted octanol–water partition coefficient (Wildman–Crippen LogP) is 2.08. The molecule has 0 aromatic rings. The van der Waals surface area contributed by atoms with E-state index in [2.05, 4.69) is 0 Å². The number of alkyl halides is 2. The summed E-state index contributed by atoms with van der Waals surface area (Å²) in [6, 6.07) is -0.800. The van der Waals surface area contributed by atoms with E-state index >= 15 is 4.39 Å². The van der Waals surface area contributed by atoms with E-state index in [4.69, 9.17) is 9.84 Å². The highest BCUT2D eigenvalue weighted by molar-refractivity contribution is 5.77. The van der Waals surface area contributed by atoms with E-state index in [-0.39, 0.29) is 37.7 Å². The van der Waals surface area contributed by atoms with Gasteiger partial charge >= 0.3 is 12.1 Å². The molecule has 158 valence electrons. The van der Waals surface area contributed by atoms with Crippen LogP contribution in [-0.4, -0.2) is 94.7 Å². The number of carbonyl (C=O) groups is 2. The molecule has 2 saturated carbocycles. The minimum atomic E-state index is -1.20. The highest BCUT2D eigenvalue weighted by atomic mass is 19.1. The number of ether oxygens (including phenoxy) is 1. The fourth-order valence-corrected chi connectivity index (χ4v) is 5.21. The van der Waals surface area contributed by atoms with Gasteiger partial charge in [0, 0.05) is 31.6 Å². The molecule has 4 atom stereocenters. The molecule has 7 nitrogen and oxygen atoms in total. The van der Waals surface area contributed by atoms with Crippen LogP contribution in [0.15, 0.2) is 0 Å². The standard InChI is InChI=1S/C19H29F2N3O4/c20-12-1-3-13(4-2-12)22-7-8-23(18(22)26)17-6-5-14(9-16(17)21)24-10-15(11-25)28-19(24)27/h12-17,25H,1-11H2. The van der Waals surface area contributed by atoms with Crippen molar-refractivity contribution in [1.82, 2.24) is 14.7 Å². The molecule has 2 aliphatic carbocycles. The molecule has 0 aromatic carbocycles. The van der Waals surface area contributed by atoms with Crippen LogP contribution in [-0.2, 0) is 4.74 Å². The molecule has 28 heavy (non-hydrogen) atoms. The van der Waals surface area contributed by atoms with Gasteiger partial charge < -0.3 is 24.5 Å². The van der Waals surface area contributed by atoms with Crippen molar-refractivity contribution in [3.63, 3.8) is 0 Å². The number of hydrogen-bond donors (Lipinski definition) is 1. The summed E-state index contributed by atoms with van der Waals surface area (Å²) < 4.78 is 33.5. The highest BCUT2D eigenvalue weighted by Gasteiger charge is 2.46. The lowest BCUT2D eigenvalue weighted by molar-refractivity contribution is 0.0622. The smallest absolute Gasteiger partial charge is 0.410 e. The maximum absolute atomic E-state index is 15.0. The van der Waals surface area contributed by atoms with Gasteiger partial charge in [-0.25, -0.2) is 18.4 Å². The molecule has 4 aliphatic rings. The van der Waals surface area contributed by atoms with E-state index in [1.54, 1.807) is 9.80 Å². The zero-order valence-corrected chi connectivity index (χ0v) is 16.0. The number of carbonyl (C=O) groups excluding carboxylic acids is 2. The molecule has 3 amide bonds. The Hall–Kier alpha value is -1.64. The second-order valence-corrected chi connectivity index (χ2v) is 8.47. The van der Waals surface area contributed by atoms with Gasteiger partial charge in [-0.1, -0.05) is 0 Å². The quantitative estimate of drug-likeness (QED) is 0.783. The molecule has 2 saturated heterocycles. The highest BCUT2D eigenvalue weighted by Crippen LogP contribution is 2.34. The number of hydrogen-bond acceptors (Lipinski definition) is 4. The summed E-state index contributed by atoms with van der Waals surface area (Å²) in [7, 11) is 0. The van der Waals surface area contributed by atoms with Crippen LogP contribution >= 0.6 is 0 Å². The third-order valence-corrected chi connectivity index (χ3v) is 6.80. The van der Waals surface area contributed by atoms with Crippen molar-refractivity contribution in [3.8, 4) is 0 Å². The van der Waals surface area contributed by atoms with Gasteiger partial charge in [0.2, 0.25) is 0 Å². The summed E-state index contributed by atoms with van der Waals surface area (Å²) in [5.74, 6) is 0. The lowest BCUT2D eigenvalue weighted by atomic mass is 9.87. The molecule has 2 aliphatic heterocycles. The summed E-state index contributed by atoms with van der Waals surface area (Å²) in [5.41, 5.74) is 0. The first-order chi connectivity index (χ1) is 13.5. The van der Waals surface area contributed by atoms with Crippen molar-refractivity contribution in [2.75, 3.05) is 26.2 Å². The first-order valence-electron chi connectivity index (χ1n) is 10.4. The van der Waals surface area contributed by atoms with E-state index in [0.29, 0.717) is 51.6 Å². The monoisotopic (exact) mass is 401 g/mol. The van der Waals surface area contributed by atoms with Crippen LogP contribution in [0, 0.1) is 0 Å². The number of rotatable bonds is 4. The fourth-order valence-electron chi connectivity index (χ4n) is 5.21. The second kappa shape index (κ2) is 8.00. The van der Waals surface area contributed by atoms with Crippen LogP contribution in [0.2, 0.25) is 0 Å². The van der Waals surface area contributed by atoms with Gasteiger partial charge in [-0.2, -0.15) is 0 Å². The molecule has 0 radical (unpaired) electrons. The molecular weight excluding hydrogens is 372 g/mol. The normalized spacial score (nSPS) is 39.6. The third-order valence-electron chi connectivity index (χ3n) is 6.80. The molecular formula is C19H29F2N3O4. The predicted molar refractivity (Wildman–Crippen MR) is 96.3 cm³/mol. The molecule has 4 fully saturated rings. The van der Waals surface area contributed by atoms with Crippen LogP contribution in [0.4, 0.5) is 18.4 Å². The van der Waals surface area contributed by atoms with Crippen molar-refractivity contribution in [2.24, 2.45) is 0 Å². The van der Waals surface area contributed by atoms with Crippen LogP contribution < -0.4 is 0 Å². The maximum atomic E-state index is 15.0. The molecule has 0 spiro atoms. The van der Waals surface area contributed by atoms with Gasteiger partial charge in [0.1, 0.15) is 18.4 Å². The summed E-state index contributed by atoms with van der Waals surface area (Å²) in [4.78, 5) is 29.8. The summed E-state index contributed by atoms with van der Waals surface area (Å²) in [6.07, 6.45) is 0.602. The molecule has 9 heteroatoms. The van der Waals surface area contributed by atoms with Gasteiger partial charge in [0.05, 0.1) is 19.2 Å². The van der Waals surface area contributed by atoms with Crippen LogP contribution in [0.5, 0.6) is 0 Å². The van der Waals surface area contributed by atoms with Crippen molar-refractivity contribution >= 4 is 12.1 Å². The Balaban J connectivity index is 1.34. The third kappa shape index (κ3) is 3.65. The van der Waals surface area contributed by atoms with E-state index in [9.17, 15) is 14.0 Å². The lowest BCUT2D eigenvalue weighted by Gasteiger charge is -2.40. The molecule has 4 rings (SSSR count). The Morgan fingerprint density at radius 2 is 1.61 bits per heavy atom. The molecule has 0 bridgehead atoms. The second-order valence-electron chi connectivity index (χ2n) is 8.47. The van der Waals surface area contributed by atoms with Gasteiger partial charge in [-0.15, -0.1) is 0 Å². The molecule has 1 N–H and O–H groups in total. The van der Waals surface area contributed by atoms with Crippen molar-refractivity contribution in [2.45, 2.75) is 81.5 Å². The van der Waals surface area contributed by atoms with Crippen LogP contribution in [0.25, 0.3) is 0 Å². The number of cyclic esters (lactones) is 1. The molecule has 2 heterocycles. The Morgan fingerprint density at radius 3 is 2.25 bits per heavy atom. The summed E-state index contributed by atoms with van der Waals surface area (Å²) in [5, 5.41) is 9.17. The first-order valence-corrected chi connectivity index (χ1v) is 10.4. The average molecular weight is 401 g/mol. The largest absolute Gasteiger partial charge is 0.442 e. The summed E-state index contributed by atoms with van der Waals surface area (Å²) in [6.45, 7) is 1.12. The molecule has 4 unspecified atom stereocenters. The number of urea groups is 1. The van der Waals surface area contributed by atoms with Gasteiger partial charge in [-0.05, 0) is 38.5 Å². The zero-order chi connectivity index (χ0) is 19.8. The number of nitrogens with zero attached hydrogens (tertiary/aromatic N) is 3. The zero-order valence-electron chi connectivity index (χ0n) is 16.0. The van der Waals surface area contributed by atoms with Crippen molar-refractivity contribution in [1.29, 1.82) is 0 Å². The topological polar surface area (TPSA) is 73.3 Å². The lowest BCUT2D eigenvalue weighted by Crippen LogP contribution is -2.52. The van der Waals surface area contributed by atoms with Crippen molar-refractivity contribution < 1.29 is 28.2 Å². The van der Waals surface area contributed by atoms with E-state index in [0.717, 1.165) is 0 Å². The Kier molecular flexibility index (Phi) is 5.62. The SMILES string of the molecule is O=C1OC(CO)CN1C1CCC(N2CCN(C3CCC(F)CC3)C2=O)C(F)C1. The Bertz CT molecular complexity index is 602. The first kappa shape index (κ1) is 19.7. The fraction of sp³-hybridized carbons (Fsp3) is 0.895. The van der Waals surface area contributed by atoms with E-state index in [1.807, 2.05) is 0 Å². The average Bonchev–Trinajstić information content (AvgIpc) is 3.25. The minimum absolute atomic E-state index is 0.0636. The molecule has 0 aromatic heterocycles. The number of aliphatic hydroxyl groups is 1. The summed E-state index contributed by atoms with van der Waals surface area (Å²) >= 11 is 0. The van der Waals surface area contributed by atoms with E-state index in [1.165, 1.54) is 4.90 Å². The minimum Gasteiger partial charge on any atom is -0.442 e. The van der Waals surface area contributed by atoms with Crippen LogP contribution in [0.1, 0.15) is 44.9 Å². The Labute approximate surface area is 163 Å². The van der Waals surface area contributed by atoms with Gasteiger partial charge in [0.15, 0.2) is 0 Å². The van der Waals surface area contributed by atoms with E-state index < -0.39 is 30.6 Å². The number of amides is 3. The Morgan fingerprint density at radius 1 is 0.929 bits per heavy atom. The number of halogens is 2. The van der Waals surface area contributed by atoms with Crippen molar-refractivity contribution in [3.05, 3.63) is 0 Å². The maximum Gasteiger partial charge on any atom is 0.410 e.